The molecule has 1 aromatic heterocycles. The summed E-state index contributed by atoms with van der Waals surface area (Å²) >= 11 is 0. The number of hydrogen-bond donors (Lipinski definition) is 3. The number of carbonyl (C=O) groups excluding carboxylic acids is 3. The molecule has 3 N–H and O–H groups in total. The smallest absolute Gasteiger partial charge is 0.251 e. The van der Waals surface area contributed by atoms with Crippen molar-refractivity contribution in [1.29, 1.82) is 5.26 Å². The Labute approximate surface area is 283 Å². The van der Waals surface area contributed by atoms with Gasteiger partial charge in [-0.3, -0.25) is 14.4 Å². The zero-order valence-corrected chi connectivity index (χ0v) is 27.7. The molecule has 2 aliphatic rings. The lowest BCUT2D eigenvalue weighted by Gasteiger charge is -2.36. The van der Waals surface area contributed by atoms with Crippen molar-refractivity contribution in [2.45, 2.75) is 56.5 Å². The lowest BCUT2D eigenvalue weighted by atomic mass is 9.68. The van der Waals surface area contributed by atoms with Gasteiger partial charge in [-0.1, -0.05) is 12.1 Å². The van der Waals surface area contributed by atoms with Gasteiger partial charge in [0.25, 0.3) is 11.8 Å². The van der Waals surface area contributed by atoms with Gasteiger partial charge in [0.1, 0.15) is 17.3 Å². The van der Waals surface area contributed by atoms with E-state index < -0.39 is 17.3 Å². The molecule has 0 bridgehead atoms. The second-order valence-electron chi connectivity index (χ2n) is 12.6. The van der Waals surface area contributed by atoms with Crippen molar-refractivity contribution in [2.75, 3.05) is 27.2 Å². The lowest BCUT2D eigenvalue weighted by Crippen LogP contribution is -2.45. The van der Waals surface area contributed by atoms with E-state index in [0.717, 1.165) is 28.7 Å². The summed E-state index contributed by atoms with van der Waals surface area (Å²) in [6, 6.07) is 18.4. The first-order chi connectivity index (χ1) is 23.7. The third-order valence-corrected chi connectivity index (χ3v) is 9.59. The van der Waals surface area contributed by atoms with Gasteiger partial charge in [0.2, 0.25) is 17.7 Å². The molecular weight excluding hydrogens is 625 g/mol. The number of carbonyl (C=O) groups is 3. The fraction of sp³-hybridized carbons (Fsp3) is 0.351. The van der Waals surface area contributed by atoms with Crippen LogP contribution in [0.25, 0.3) is 11.5 Å². The number of rotatable bonds is 9. The number of amides is 3. The minimum absolute atomic E-state index is 0.0328. The molecule has 4 aromatic rings. The highest BCUT2D eigenvalue weighted by Gasteiger charge is 2.47. The highest BCUT2D eigenvalue weighted by Crippen LogP contribution is 2.48. The molecule has 252 valence electrons. The monoisotopic (exact) mass is 663 g/mol. The van der Waals surface area contributed by atoms with Crippen LogP contribution in [-0.4, -0.2) is 72.1 Å². The summed E-state index contributed by atoms with van der Waals surface area (Å²) in [6.45, 7) is 2.55. The Balaban J connectivity index is 1.50. The Hall–Kier alpha value is -5.41. The predicted molar refractivity (Wildman–Crippen MR) is 179 cm³/mol. The molecule has 3 amide bonds. The van der Waals surface area contributed by atoms with Crippen LogP contribution in [0, 0.1) is 17.1 Å². The van der Waals surface area contributed by atoms with Gasteiger partial charge in [-0.05, 0) is 110 Å². The summed E-state index contributed by atoms with van der Waals surface area (Å²) in [5.74, 6) is -0.499. The summed E-state index contributed by atoms with van der Waals surface area (Å²) in [7, 11) is 3.17. The van der Waals surface area contributed by atoms with E-state index in [1.54, 1.807) is 43.3 Å². The third-order valence-electron chi connectivity index (χ3n) is 9.59. The first-order valence-electron chi connectivity index (χ1n) is 16.4. The van der Waals surface area contributed by atoms with Crippen LogP contribution in [-0.2, 0) is 23.1 Å². The number of halogens is 1. The van der Waals surface area contributed by atoms with E-state index in [2.05, 4.69) is 32.2 Å². The van der Waals surface area contributed by atoms with Gasteiger partial charge in [-0.25, -0.2) is 4.39 Å². The van der Waals surface area contributed by atoms with Gasteiger partial charge in [0, 0.05) is 43.4 Å². The van der Waals surface area contributed by atoms with Crippen molar-refractivity contribution in [3.63, 3.8) is 0 Å². The lowest BCUT2D eigenvalue weighted by molar-refractivity contribution is -0.130. The van der Waals surface area contributed by atoms with Gasteiger partial charge < -0.3 is 25.3 Å². The standard InChI is InChI=1S/C37H38FN7O4/c1-22(42-21-32(46)45-16-4-5-29(45)20-39)19-37(36-44-43-35(49-36)23-8-12-28(38)13-9-23)30-14-10-26(33(47)40-2)17-24(30)6-7-25-18-27(34(48)41-3)11-15-31(25)37/h8-15,17-18,22,29,42H,4-7,16,19,21H2,1-3H3,(H,40,47)(H,41,48)/t22-,29?/m0/s1. The van der Waals surface area contributed by atoms with Crippen LogP contribution in [0.5, 0.6) is 0 Å². The average Bonchev–Trinajstić information content (AvgIpc) is 3.80. The number of likely N-dealkylation sites (tertiary alicyclic amines) is 1. The second kappa shape index (κ2) is 14.0. The van der Waals surface area contributed by atoms with Crippen LogP contribution in [0.15, 0.2) is 65.1 Å². The molecule has 1 fully saturated rings. The number of nitrogens with one attached hydrogen (secondary N) is 3. The maximum atomic E-state index is 13.8. The first-order valence-corrected chi connectivity index (χ1v) is 16.4. The number of nitriles is 1. The predicted octanol–water partition coefficient (Wildman–Crippen LogP) is 3.91. The Morgan fingerprint density at radius 2 is 1.59 bits per heavy atom. The Kier molecular flexibility index (Phi) is 9.56. The average molecular weight is 664 g/mol. The summed E-state index contributed by atoms with van der Waals surface area (Å²) in [5.41, 5.74) is 3.96. The van der Waals surface area contributed by atoms with Crippen LogP contribution in [0.3, 0.4) is 0 Å². The van der Waals surface area contributed by atoms with Crippen LogP contribution in [0.2, 0.25) is 0 Å². The maximum Gasteiger partial charge on any atom is 0.251 e. The zero-order valence-electron chi connectivity index (χ0n) is 27.7. The summed E-state index contributed by atoms with van der Waals surface area (Å²) in [6.07, 6.45) is 2.94. The zero-order chi connectivity index (χ0) is 34.7. The number of hydrogen-bond acceptors (Lipinski definition) is 8. The quantitative estimate of drug-likeness (QED) is 0.244. The van der Waals surface area contributed by atoms with Gasteiger partial charge >= 0.3 is 0 Å². The Morgan fingerprint density at radius 3 is 2.16 bits per heavy atom. The molecule has 3 aromatic carbocycles. The Bertz CT molecular complexity index is 1870. The van der Waals surface area contributed by atoms with Gasteiger partial charge in [-0.2, -0.15) is 5.26 Å². The van der Waals surface area contributed by atoms with Crippen molar-refractivity contribution in [2.24, 2.45) is 0 Å². The highest BCUT2D eigenvalue weighted by molar-refractivity contribution is 5.95. The topological polar surface area (TPSA) is 153 Å². The maximum absolute atomic E-state index is 13.8. The number of fused-ring (bicyclic) bond motifs is 2. The third kappa shape index (κ3) is 6.41. The normalized spacial score (nSPS) is 16.9. The molecule has 0 saturated carbocycles. The molecule has 11 nitrogen and oxygen atoms in total. The van der Waals surface area contributed by atoms with Crippen LogP contribution < -0.4 is 16.0 Å². The molecule has 6 rings (SSSR count). The molecule has 1 unspecified atom stereocenters. The summed E-state index contributed by atoms with van der Waals surface area (Å²) in [4.78, 5) is 40.4. The summed E-state index contributed by atoms with van der Waals surface area (Å²) in [5, 5.41) is 27.3. The van der Waals surface area contributed by atoms with Crippen molar-refractivity contribution < 1.29 is 23.2 Å². The molecule has 1 aliphatic heterocycles. The van der Waals surface area contributed by atoms with Crippen LogP contribution in [0.4, 0.5) is 4.39 Å². The van der Waals surface area contributed by atoms with Gasteiger partial charge in [-0.15, -0.1) is 10.2 Å². The molecule has 0 spiro atoms. The fourth-order valence-corrected chi connectivity index (χ4v) is 7.16. The van der Waals surface area contributed by atoms with Crippen LogP contribution >= 0.6 is 0 Å². The van der Waals surface area contributed by atoms with E-state index in [1.165, 1.54) is 12.1 Å². The summed E-state index contributed by atoms with van der Waals surface area (Å²) < 4.78 is 20.3. The minimum Gasteiger partial charge on any atom is -0.419 e. The fourth-order valence-electron chi connectivity index (χ4n) is 7.16. The molecule has 2 heterocycles. The van der Waals surface area contributed by atoms with E-state index in [0.29, 0.717) is 48.9 Å². The molecule has 49 heavy (non-hydrogen) atoms. The van der Waals surface area contributed by atoms with E-state index in [9.17, 15) is 24.0 Å². The van der Waals surface area contributed by atoms with E-state index in [1.807, 2.05) is 31.2 Å². The first kappa shape index (κ1) is 33.5. The van der Waals surface area contributed by atoms with Crippen molar-refractivity contribution >= 4 is 17.7 Å². The van der Waals surface area contributed by atoms with E-state index in [4.69, 9.17) is 4.42 Å². The van der Waals surface area contributed by atoms with Crippen molar-refractivity contribution in [3.05, 3.63) is 106 Å². The number of aryl methyl sites for hydroxylation is 2. The van der Waals surface area contributed by atoms with Gasteiger partial charge in [0.15, 0.2) is 0 Å². The molecule has 12 heteroatoms. The largest absolute Gasteiger partial charge is 0.419 e. The molecule has 0 radical (unpaired) electrons. The van der Waals surface area contributed by atoms with Crippen molar-refractivity contribution in [3.8, 4) is 17.5 Å². The highest BCUT2D eigenvalue weighted by atomic mass is 19.1. The number of nitrogens with zero attached hydrogens (tertiary/aromatic N) is 4. The molecular formula is C37H38FN7O4. The number of aromatic nitrogens is 2. The second-order valence-corrected chi connectivity index (χ2v) is 12.6. The van der Waals surface area contributed by atoms with Gasteiger partial charge in [0.05, 0.1) is 12.6 Å². The molecule has 1 aliphatic carbocycles. The van der Waals surface area contributed by atoms with E-state index in [-0.39, 0.29) is 42.1 Å². The Morgan fingerprint density at radius 1 is 0.980 bits per heavy atom. The molecule has 2 atom stereocenters. The number of benzene rings is 3. The minimum atomic E-state index is -1.09. The van der Waals surface area contributed by atoms with E-state index >= 15 is 0 Å². The van der Waals surface area contributed by atoms with Crippen molar-refractivity contribution in [1.82, 2.24) is 31.0 Å². The van der Waals surface area contributed by atoms with Crippen LogP contribution in [0.1, 0.15) is 75.0 Å². The SMILES string of the molecule is CNC(=O)c1ccc2c(c1)CCc1cc(C(=O)NC)ccc1C2(C[C@H](C)NCC(=O)N1CCCC1C#N)c1nnc(-c2ccc(F)cc2)o1. The molecule has 1 saturated heterocycles.